The number of hydrogen-bond acceptors (Lipinski definition) is 3. The number of halogens is 9. The molecule has 2 heterocycles. The largest absolute Gasteiger partial charge is 0.573 e. The average molecular weight is 548 g/mol. The number of amides is 1. The van der Waals surface area contributed by atoms with Gasteiger partial charge >= 0.3 is 18.7 Å². The fourth-order valence-corrected chi connectivity index (χ4v) is 4.31. The first-order valence-corrected chi connectivity index (χ1v) is 11.0. The first-order valence-electron chi connectivity index (χ1n) is 11.0. The van der Waals surface area contributed by atoms with Crippen LogP contribution < -0.4 is 4.74 Å². The minimum absolute atomic E-state index is 0.141. The Kier molecular flexibility index (Phi) is 7.06. The summed E-state index contributed by atoms with van der Waals surface area (Å²) in [6.07, 6.45) is -11.5. The normalized spacial score (nSPS) is 16.6. The molecule has 202 valence electrons. The SMILES string of the molecule is O=C(c1ccc(-c2cc(C(F)(F)F)cc(C(F)(F)F)c2)c(OC(F)(F)F)c1)N1CCCC1c1cccnc1. The summed E-state index contributed by atoms with van der Waals surface area (Å²) in [7, 11) is 0. The van der Waals surface area contributed by atoms with Crippen LogP contribution in [0, 0.1) is 0 Å². The highest BCUT2D eigenvalue weighted by atomic mass is 19.4. The van der Waals surface area contributed by atoms with Crippen LogP contribution in [0.25, 0.3) is 11.1 Å². The van der Waals surface area contributed by atoms with Gasteiger partial charge in [-0.2, -0.15) is 26.3 Å². The van der Waals surface area contributed by atoms with Gasteiger partial charge in [0.1, 0.15) is 5.75 Å². The maximum absolute atomic E-state index is 13.3. The topological polar surface area (TPSA) is 42.4 Å². The summed E-state index contributed by atoms with van der Waals surface area (Å²) in [5, 5.41) is 0. The Bertz CT molecular complexity index is 1290. The number of carbonyl (C=O) groups is 1. The van der Waals surface area contributed by atoms with Crippen molar-refractivity contribution in [2.75, 3.05) is 6.54 Å². The molecule has 0 saturated carbocycles. The van der Waals surface area contributed by atoms with Crippen LogP contribution in [-0.4, -0.2) is 28.7 Å². The summed E-state index contributed by atoms with van der Waals surface area (Å²) in [4.78, 5) is 18.7. The standard InChI is InChI=1S/C25H17F9N2O2/c26-23(27,28)17-9-16(10-18(12-17)24(29,30)31)19-6-5-14(11-21(19)38-25(32,33)34)22(37)36-8-2-4-20(36)15-3-1-7-35-13-15/h1,3,5-7,9-13,20H,2,4,8H2. The fraction of sp³-hybridized carbons (Fsp3) is 0.280. The van der Waals surface area contributed by atoms with Crippen LogP contribution >= 0.6 is 0 Å². The summed E-state index contributed by atoms with van der Waals surface area (Å²) in [5.41, 5.74) is -4.54. The van der Waals surface area contributed by atoms with Gasteiger partial charge in [-0.3, -0.25) is 9.78 Å². The lowest BCUT2D eigenvalue weighted by atomic mass is 9.97. The Hall–Kier alpha value is -3.77. The van der Waals surface area contributed by atoms with Gasteiger partial charge in [-0.15, -0.1) is 13.2 Å². The Morgan fingerprint density at radius 3 is 2.11 bits per heavy atom. The maximum Gasteiger partial charge on any atom is 0.573 e. The molecule has 0 radical (unpaired) electrons. The lowest BCUT2D eigenvalue weighted by molar-refractivity contribution is -0.274. The second-order valence-electron chi connectivity index (χ2n) is 8.50. The van der Waals surface area contributed by atoms with Crippen LogP contribution in [0.2, 0.25) is 0 Å². The lowest BCUT2D eigenvalue weighted by Gasteiger charge is -2.25. The Morgan fingerprint density at radius 1 is 0.895 bits per heavy atom. The summed E-state index contributed by atoms with van der Waals surface area (Å²) < 4.78 is 123. The molecule has 1 atom stereocenters. The predicted octanol–water partition coefficient (Wildman–Crippen LogP) is 7.66. The van der Waals surface area contributed by atoms with Crippen molar-refractivity contribution in [1.82, 2.24) is 9.88 Å². The van der Waals surface area contributed by atoms with E-state index in [1.54, 1.807) is 18.3 Å². The molecule has 1 aliphatic heterocycles. The van der Waals surface area contributed by atoms with Crippen molar-refractivity contribution in [1.29, 1.82) is 0 Å². The van der Waals surface area contributed by atoms with Crippen molar-refractivity contribution in [3.8, 4) is 16.9 Å². The number of alkyl halides is 9. The van der Waals surface area contributed by atoms with E-state index in [0.29, 0.717) is 24.5 Å². The zero-order chi connectivity index (χ0) is 27.9. The molecule has 4 nitrogen and oxygen atoms in total. The molecule has 1 fully saturated rings. The second kappa shape index (κ2) is 9.84. The van der Waals surface area contributed by atoms with Crippen LogP contribution in [0.4, 0.5) is 39.5 Å². The Morgan fingerprint density at radius 2 is 1.55 bits per heavy atom. The van der Waals surface area contributed by atoms with E-state index in [-0.39, 0.29) is 30.3 Å². The van der Waals surface area contributed by atoms with Crippen molar-refractivity contribution >= 4 is 5.91 Å². The Balaban J connectivity index is 1.80. The predicted molar refractivity (Wildman–Crippen MR) is 116 cm³/mol. The molecule has 1 amide bonds. The molecular formula is C25H17F9N2O2. The molecule has 13 heteroatoms. The molecule has 38 heavy (non-hydrogen) atoms. The van der Waals surface area contributed by atoms with Crippen molar-refractivity contribution < 1.29 is 49.0 Å². The zero-order valence-electron chi connectivity index (χ0n) is 19.1. The van der Waals surface area contributed by atoms with E-state index in [4.69, 9.17) is 0 Å². The molecule has 3 aromatic rings. The van der Waals surface area contributed by atoms with E-state index in [9.17, 15) is 44.3 Å². The number of hydrogen-bond donors (Lipinski definition) is 0. The number of nitrogens with zero attached hydrogens (tertiary/aromatic N) is 2. The van der Waals surface area contributed by atoms with E-state index in [2.05, 4.69) is 9.72 Å². The highest BCUT2D eigenvalue weighted by molar-refractivity contribution is 5.96. The van der Waals surface area contributed by atoms with Crippen LogP contribution in [0.1, 0.15) is 45.9 Å². The lowest BCUT2D eigenvalue weighted by Crippen LogP contribution is -2.30. The van der Waals surface area contributed by atoms with Gasteiger partial charge in [-0.25, -0.2) is 0 Å². The number of pyridine rings is 1. The molecular weight excluding hydrogens is 531 g/mol. The molecule has 1 unspecified atom stereocenters. The number of ether oxygens (including phenoxy) is 1. The van der Waals surface area contributed by atoms with Crippen LogP contribution in [-0.2, 0) is 12.4 Å². The zero-order valence-corrected chi connectivity index (χ0v) is 19.1. The summed E-state index contributed by atoms with van der Waals surface area (Å²) in [5.74, 6) is -1.80. The quantitative estimate of drug-likeness (QED) is 0.315. The molecule has 2 aromatic carbocycles. The van der Waals surface area contributed by atoms with E-state index in [1.165, 1.54) is 11.1 Å². The molecule has 1 aliphatic rings. The van der Waals surface area contributed by atoms with Crippen molar-refractivity contribution in [3.63, 3.8) is 0 Å². The molecule has 0 N–H and O–H groups in total. The first-order chi connectivity index (χ1) is 17.6. The highest BCUT2D eigenvalue weighted by Crippen LogP contribution is 2.42. The van der Waals surface area contributed by atoms with Crippen molar-refractivity contribution in [2.24, 2.45) is 0 Å². The third-order valence-electron chi connectivity index (χ3n) is 5.94. The van der Waals surface area contributed by atoms with E-state index in [1.807, 2.05) is 0 Å². The minimum Gasteiger partial charge on any atom is -0.405 e. The third-order valence-corrected chi connectivity index (χ3v) is 5.94. The Labute approximate surface area is 209 Å². The smallest absolute Gasteiger partial charge is 0.405 e. The summed E-state index contributed by atoms with van der Waals surface area (Å²) >= 11 is 0. The van der Waals surface area contributed by atoms with Gasteiger partial charge in [0.15, 0.2) is 0 Å². The number of benzene rings is 2. The number of rotatable bonds is 4. The van der Waals surface area contributed by atoms with Gasteiger partial charge in [0.05, 0.1) is 17.2 Å². The van der Waals surface area contributed by atoms with Gasteiger partial charge < -0.3 is 9.64 Å². The van der Waals surface area contributed by atoms with Gasteiger partial charge in [-0.05, 0) is 66.4 Å². The summed E-state index contributed by atoms with van der Waals surface area (Å²) in [6, 6.07) is 5.94. The third kappa shape index (κ3) is 6.03. The van der Waals surface area contributed by atoms with E-state index < -0.39 is 58.7 Å². The van der Waals surface area contributed by atoms with Crippen molar-refractivity contribution in [2.45, 2.75) is 37.6 Å². The van der Waals surface area contributed by atoms with Crippen LogP contribution in [0.5, 0.6) is 5.75 Å². The maximum atomic E-state index is 13.3. The van der Waals surface area contributed by atoms with Crippen LogP contribution in [0.15, 0.2) is 60.9 Å². The number of carbonyl (C=O) groups excluding carboxylic acids is 1. The molecule has 0 aliphatic carbocycles. The van der Waals surface area contributed by atoms with E-state index >= 15 is 0 Å². The minimum atomic E-state index is -5.35. The molecule has 1 saturated heterocycles. The van der Waals surface area contributed by atoms with Gasteiger partial charge in [0.2, 0.25) is 0 Å². The highest BCUT2D eigenvalue weighted by Gasteiger charge is 2.38. The second-order valence-corrected chi connectivity index (χ2v) is 8.50. The molecule has 1 aromatic heterocycles. The average Bonchev–Trinajstić information content (AvgIpc) is 3.32. The van der Waals surface area contributed by atoms with Gasteiger partial charge in [0.25, 0.3) is 5.91 Å². The number of aromatic nitrogens is 1. The summed E-state index contributed by atoms with van der Waals surface area (Å²) in [6.45, 7) is 0.276. The van der Waals surface area contributed by atoms with Gasteiger partial charge in [-0.1, -0.05) is 6.07 Å². The van der Waals surface area contributed by atoms with E-state index in [0.717, 1.165) is 12.1 Å². The molecule has 0 spiro atoms. The van der Waals surface area contributed by atoms with Crippen molar-refractivity contribution in [3.05, 3.63) is 83.2 Å². The van der Waals surface area contributed by atoms with Gasteiger partial charge in [0, 0.05) is 30.1 Å². The fourth-order valence-electron chi connectivity index (χ4n) is 4.31. The van der Waals surface area contributed by atoms with Crippen LogP contribution in [0.3, 0.4) is 0 Å². The first kappa shape index (κ1) is 27.3. The monoisotopic (exact) mass is 548 g/mol. The molecule has 0 bridgehead atoms. The molecule has 4 rings (SSSR count). The number of likely N-dealkylation sites (tertiary alicyclic amines) is 1.